The number of nitrogens with zero attached hydrogens (tertiary/aromatic N) is 4. The van der Waals surface area contributed by atoms with Gasteiger partial charge in [0.15, 0.2) is 23.0 Å². The highest BCUT2D eigenvalue weighted by Crippen LogP contribution is 2.39. The van der Waals surface area contributed by atoms with Crippen LogP contribution in [0.25, 0.3) is 16.7 Å². The molecule has 2 unspecified atom stereocenters. The van der Waals surface area contributed by atoms with Gasteiger partial charge in [-0.2, -0.15) is 14.9 Å². The van der Waals surface area contributed by atoms with Crippen LogP contribution in [-0.4, -0.2) is 55.2 Å². The van der Waals surface area contributed by atoms with Gasteiger partial charge in [0.2, 0.25) is 0 Å². The Hall–Kier alpha value is -6.15. The van der Waals surface area contributed by atoms with E-state index in [1.165, 1.54) is 48.7 Å². The van der Waals surface area contributed by atoms with Crippen LogP contribution in [-0.2, 0) is 6.42 Å². The summed E-state index contributed by atoms with van der Waals surface area (Å²) < 4.78 is 41.8. The Balaban J connectivity index is 1.18. The molecule has 0 bridgehead atoms. The zero-order chi connectivity index (χ0) is 35.5. The summed E-state index contributed by atoms with van der Waals surface area (Å²) in [5.41, 5.74) is 1.39. The SMILES string of the molecule is COc1ccc(Cc2cnc3[nH]nc(NC4CCCC(O)C4)c3c2Oc2ccc(NC(=O)c3ccnn(-c4ccc(F)cc4)c3=O)cc2F)cc1. The number of anilines is 2. The summed E-state index contributed by atoms with van der Waals surface area (Å²) in [5.74, 6) is -0.672. The molecule has 51 heavy (non-hydrogen) atoms. The molecule has 2 atom stereocenters. The van der Waals surface area contributed by atoms with E-state index in [1.54, 1.807) is 13.3 Å². The average molecular weight is 694 g/mol. The molecule has 1 saturated carbocycles. The lowest BCUT2D eigenvalue weighted by Crippen LogP contribution is -2.30. The lowest BCUT2D eigenvalue weighted by Gasteiger charge is -2.26. The molecule has 1 fully saturated rings. The van der Waals surface area contributed by atoms with Crippen LogP contribution in [0.4, 0.5) is 20.3 Å². The van der Waals surface area contributed by atoms with Gasteiger partial charge in [0.25, 0.3) is 11.5 Å². The molecular weight excluding hydrogens is 660 g/mol. The Morgan fingerprint density at radius 2 is 1.86 bits per heavy atom. The van der Waals surface area contributed by atoms with E-state index in [0.29, 0.717) is 46.8 Å². The van der Waals surface area contributed by atoms with Crippen molar-refractivity contribution in [1.29, 1.82) is 0 Å². The second kappa shape index (κ2) is 14.4. The quantitative estimate of drug-likeness (QED) is 0.132. The highest BCUT2D eigenvalue weighted by Gasteiger charge is 2.25. The van der Waals surface area contributed by atoms with E-state index in [4.69, 9.17) is 9.47 Å². The predicted molar refractivity (Wildman–Crippen MR) is 186 cm³/mol. The van der Waals surface area contributed by atoms with Crippen molar-refractivity contribution in [3.05, 3.63) is 124 Å². The summed E-state index contributed by atoms with van der Waals surface area (Å²) in [5, 5.41) is 28.1. The largest absolute Gasteiger partial charge is 0.497 e. The van der Waals surface area contributed by atoms with Crippen molar-refractivity contribution >= 4 is 28.4 Å². The Morgan fingerprint density at radius 1 is 1.06 bits per heavy atom. The minimum Gasteiger partial charge on any atom is -0.497 e. The summed E-state index contributed by atoms with van der Waals surface area (Å²) in [6.07, 6.45) is 5.92. The number of H-pyrrole nitrogens is 1. The molecule has 4 N–H and O–H groups in total. The third-order valence-electron chi connectivity index (χ3n) is 8.72. The van der Waals surface area contributed by atoms with Crippen molar-refractivity contribution in [3.63, 3.8) is 0 Å². The van der Waals surface area contributed by atoms with Crippen LogP contribution in [0.15, 0.2) is 90.0 Å². The standard InChI is InChI=1S/C37H33F2N7O5/c1-50-28-12-5-21(6-13-28)17-22-20-40-34-32(35(45-44-34)42-24-3-2-4-27(47)18-24)33(22)51-31-14-9-25(19-30(31)39)43-36(48)29-15-16-41-46(37(29)49)26-10-7-23(38)8-11-26/h5-16,19-20,24,27,47H,2-4,17-18H2,1H3,(H,43,48)(H2,40,42,44,45). The molecule has 0 radical (unpaired) electrons. The first-order chi connectivity index (χ1) is 24.7. The number of ether oxygens (including phenoxy) is 2. The molecule has 7 rings (SSSR count). The number of aromatic nitrogens is 5. The molecule has 1 amide bonds. The number of carbonyl (C=O) groups is 1. The van der Waals surface area contributed by atoms with Crippen LogP contribution in [0.5, 0.6) is 17.2 Å². The molecule has 6 aromatic rings. The molecule has 14 heteroatoms. The van der Waals surface area contributed by atoms with Gasteiger partial charge in [-0.1, -0.05) is 12.1 Å². The number of pyridine rings is 1. The number of hydrogen-bond donors (Lipinski definition) is 4. The predicted octanol–water partition coefficient (Wildman–Crippen LogP) is 6.14. The second-order valence-corrected chi connectivity index (χ2v) is 12.2. The molecule has 12 nitrogen and oxygen atoms in total. The summed E-state index contributed by atoms with van der Waals surface area (Å²) in [7, 11) is 1.59. The number of hydrogen-bond acceptors (Lipinski definition) is 9. The fourth-order valence-corrected chi connectivity index (χ4v) is 6.12. The Kier molecular flexibility index (Phi) is 9.40. The maximum atomic E-state index is 15.8. The normalized spacial score (nSPS) is 15.8. The summed E-state index contributed by atoms with van der Waals surface area (Å²) in [6.45, 7) is 0. The highest BCUT2D eigenvalue weighted by molar-refractivity contribution is 6.04. The lowest BCUT2D eigenvalue weighted by molar-refractivity contribution is 0.102. The van der Waals surface area contributed by atoms with Gasteiger partial charge < -0.3 is 25.2 Å². The van der Waals surface area contributed by atoms with Gasteiger partial charge in [-0.3, -0.25) is 14.7 Å². The van der Waals surface area contributed by atoms with Crippen molar-refractivity contribution in [3.8, 4) is 22.9 Å². The van der Waals surface area contributed by atoms with E-state index in [0.717, 1.165) is 35.6 Å². The molecule has 1 aliphatic carbocycles. The topological polar surface area (TPSA) is 156 Å². The number of amides is 1. The number of rotatable bonds is 10. The second-order valence-electron chi connectivity index (χ2n) is 12.2. The number of carbonyl (C=O) groups excluding carboxylic acids is 1. The van der Waals surface area contributed by atoms with Gasteiger partial charge in [-0.25, -0.2) is 13.8 Å². The van der Waals surface area contributed by atoms with Crippen LogP contribution in [0, 0.1) is 11.6 Å². The molecule has 3 heterocycles. The first-order valence-corrected chi connectivity index (χ1v) is 16.3. The number of methoxy groups -OCH3 is 1. The third kappa shape index (κ3) is 7.26. The number of nitrogens with one attached hydrogen (secondary N) is 3. The zero-order valence-corrected chi connectivity index (χ0v) is 27.4. The van der Waals surface area contributed by atoms with E-state index in [1.807, 2.05) is 24.3 Å². The van der Waals surface area contributed by atoms with Crippen LogP contribution in [0.1, 0.15) is 47.2 Å². The zero-order valence-electron chi connectivity index (χ0n) is 27.4. The first-order valence-electron chi connectivity index (χ1n) is 16.3. The number of fused-ring (bicyclic) bond motifs is 1. The van der Waals surface area contributed by atoms with Crippen LogP contribution < -0.4 is 25.7 Å². The summed E-state index contributed by atoms with van der Waals surface area (Å²) in [6, 6.07) is 17.7. The van der Waals surface area contributed by atoms with Crippen LogP contribution >= 0.6 is 0 Å². The van der Waals surface area contributed by atoms with Crippen molar-refractivity contribution < 1.29 is 28.2 Å². The molecule has 0 aliphatic heterocycles. The number of aromatic amines is 1. The van der Waals surface area contributed by atoms with Crippen LogP contribution in [0.3, 0.4) is 0 Å². The number of benzene rings is 3. The van der Waals surface area contributed by atoms with Crippen molar-refractivity contribution in [2.75, 3.05) is 17.7 Å². The Bertz CT molecular complexity index is 2260. The van der Waals surface area contributed by atoms with E-state index in [-0.39, 0.29) is 28.7 Å². The molecule has 3 aromatic heterocycles. The fraction of sp³-hybridized carbons (Fsp3) is 0.216. The molecule has 1 aliphatic rings. The number of aliphatic hydroxyl groups is 1. The van der Waals surface area contributed by atoms with Gasteiger partial charge in [-0.05, 0) is 85.8 Å². The summed E-state index contributed by atoms with van der Waals surface area (Å²) in [4.78, 5) is 30.8. The fourth-order valence-electron chi connectivity index (χ4n) is 6.12. The maximum absolute atomic E-state index is 15.8. The molecule has 0 saturated heterocycles. The van der Waals surface area contributed by atoms with E-state index >= 15 is 4.39 Å². The van der Waals surface area contributed by atoms with Gasteiger partial charge >= 0.3 is 0 Å². The van der Waals surface area contributed by atoms with E-state index in [9.17, 15) is 19.1 Å². The average Bonchev–Trinajstić information content (AvgIpc) is 3.53. The number of halogens is 2. The molecule has 3 aromatic carbocycles. The van der Waals surface area contributed by atoms with Crippen molar-refractivity contribution in [2.45, 2.75) is 44.2 Å². The minimum atomic E-state index is -0.786. The van der Waals surface area contributed by atoms with Crippen molar-refractivity contribution in [1.82, 2.24) is 25.0 Å². The lowest BCUT2D eigenvalue weighted by atomic mass is 9.93. The molecule has 0 spiro atoms. The number of aliphatic hydroxyl groups excluding tert-OH is 1. The maximum Gasteiger partial charge on any atom is 0.284 e. The van der Waals surface area contributed by atoms with Gasteiger partial charge in [-0.15, -0.1) is 0 Å². The van der Waals surface area contributed by atoms with Gasteiger partial charge in [0.05, 0.1) is 18.9 Å². The minimum absolute atomic E-state index is 0.0295. The monoisotopic (exact) mass is 693 g/mol. The van der Waals surface area contributed by atoms with E-state index < -0.39 is 29.2 Å². The Morgan fingerprint density at radius 3 is 2.61 bits per heavy atom. The van der Waals surface area contributed by atoms with Gasteiger partial charge in [0.1, 0.15) is 28.3 Å². The molecular formula is C37H33F2N7O5. The Labute approximate surface area is 290 Å². The third-order valence-corrected chi connectivity index (χ3v) is 8.72. The highest BCUT2D eigenvalue weighted by atomic mass is 19.1. The summed E-state index contributed by atoms with van der Waals surface area (Å²) >= 11 is 0. The van der Waals surface area contributed by atoms with Crippen LogP contribution in [0.2, 0.25) is 0 Å². The smallest absolute Gasteiger partial charge is 0.284 e. The molecule has 260 valence electrons. The van der Waals surface area contributed by atoms with Crippen molar-refractivity contribution in [2.24, 2.45) is 0 Å². The van der Waals surface area contributed by atoms with E-state index in [2.05, 4.69) is 30.9 Å². The first kappa shape index (κ1) is 33.4. The van der Waals surface area contributed by atoms with Gasteiger partial charge in [0, 0.05) is 42.2 Å².